The lowest BCUT2D eigenvalue weighted by Gasteiger charge is -2.00. The van der Waals surface area contributed by atoms with E-state index in [1.165, 1.54) is 12.1 Å². The van der Waals surface area contributed by atoms with Crippen molar-refractivity contribution >= 4 is 28.4 Å². The van der Waals surface area contributed by atoms with Crippen molar-refractivity contribution in [1.29, 1.82) is 0 Å². The van der Waals surface area contributed by atoms with Crippen LogP contribution in [-0.4, -0.2) is 16.9 Å². The fourth-order valence-corrected chi connectivity index (χ4v) is 2.06. The summed E-state index contributed by atoms with van der Waals surface area (Å²) in [5.41, 5.74) is 0.969. The van der Waals surface area contributed by atoms with Gasteiger partial charge in [0.25, 0.3) is 5.91 Å². The van der Waals surface area contributed by atoms with Gasteiger partial charge >= 0.3 is 0 Å². The molecule has 0 radical (unpaired) electrons. The molecule has 88 valence electrons. The van der Waals surface area contributed by atoms with Gasteiger partial charge in [-0.2, -0.15) is 0 Å². The Kier molecular flexibility index (Phi) is 2.33. The molecule has 0 aliphatic heterocycles. The van der Waals surface area contributed by atoms with Crippen LogP contribution in [0.3, 0.4) is 0 Å². The summed E-state index contributed by atoms with van der Waals surface area (Å²) in [6.07, 6.45) is 2.02. The third-order valence-corrected chi connectivity index (χ3v) is 3.23. The SMILES string of the molecule is O=C(NC1CC1)c1[nH]c2ccc(F)cc2c1Cl. The molecular weight excluding hydrogens is 243 g/mol. The van der Waals surface area contributed by atoms with Crippen LogP contribution in [0.1, 0.15) is 23.3 Å². The van der Waals surface area contributed by atoms with Crippen LogP contribution < -0.4 is 5.32 Å². The van der Waals surface area contributed by atoms with Gasteiger partial charge in [-0.25, -0.2) is 4.39 Å². The maximum atomic E-state index is 13.1. The summed E-state index contributed by atoms with van der Waals surface area (Å²) >= 11 is 6.07. The maximum absolute atomic E-state index is 13.1. The predicted octanol–water partition coefficient (Wildman–Crippen LogP) is 2.85. The molecule has 1 aliphatic carbocycles. The molecule has 3 nitrogen and oxygen atoms in total. The Labute approximate surface area is 102 Å². The first-order valence-electron chi connectivity index (χ1n) is 5.43. The zero-order chi connectivity index (χ0) is 12.0. The number of H-pyrrole nitrogens is 1. The van der Waals surface area contributed by atoms with Crippen molar-refractivity contribution in [2.45, 2.75) is 18.9 Å². The van der Waals surface area contributed by atoms with Crippen molar-refractivity contribution < 1.29 is 9.18 Å². The molecule has 0 saturated heterocycles. The van der Waals surface area contributed by atoms with Crippen LogP contribution in [-0.2, 0) is 0 Å². The van der Waals surface area contributed by atoms with E-state index >= 15 is 0 Å². The van der Waals surface area contributed by atoms with Crippen LogP contribution in [0, 0.1) is 5.82 Å². The Morgan fingerprint density at radius 3 is 2.94 bits per heavy atom. The van der Waals surface area contributed by atoms with E-state index in [9.17, 15) is 9.18 Å². The molecule has 1 heterocycles. The number of carbonyl (C=O) groups excluding carboxylic acids is 1. The second-order valence-electron chi connectivity index (χ2n) is 4.25. The Bertz CT molecular complexity index is 604. The lowest BCUT2D eigenvalue weighted by molar-refractivity contribution is 0.0947. The molecule has 0 bridgehead atoms. The molecule has 2 aromatic rings. The number of aromatic amines is 1. The molecule has 0 atom stereocenters. The van der Waals surface area contributed by atoms with Gasteiger partial charge in [0.15, 0.2) is 0 Å². The highest BCUT2D eigenvalue weighted by atomic mass is 35.5. The molecule has 1 aromatic heterocycles. The molecule has 5 heteroatoms. The van der Waals surface area contributed by atoms with E-state index in [1.807, 2.05) is 0 Å². The van der Waals surface area contributed by atoms with Crippen molar-refractivity contribution in [2.24, 2.45) is 0 Å². The highest BCUT2D eigenvalue weighted by Gasteiger charge is 2.26. The van der Waals surface area contributed by atoms with Gasteiger partial charge in [-0.1, -0.05) is 11.6 Å². The van der Waals surface area contributed by atoms with E-state index in [-0.39, 0.29) is 22.8 Å². The van der Waals surface area contributed by atoms with Gasteiger partial charge in [-0.05, 0) is 31.0 Å². The number of hydrogen-bond acceptors (Lipinski definition) is 1. The van der Waals surface area contributed by atoms with Gasteiger partial charge in [0.05, 0.1) is 5.02 Å². The third kappa shape index (κ3) is 1.89. The van der Waals surface area contributed by atoms with Crippen LogP contribution in [0.25, 0.3) is 10.9 Å². The van der Waals surface area contributed by atoms with E-state index in [0.717, 1.165) is 12.8 Å². The van der Waals surface area contributed by atoms with Crippen LogP contribution in [0.4, 0.5) is 4.39 Å². The Morgan fingerprint density at radius 2 is 2.24 bits per heavy atom. The molecule has 3 rings (SSSR count). The average Bonchev–Trinajstić information content (AvgIpc) is 3.04. The second-order valence-corrected chi connectivity index (χ2v) is 4.63. The number of benzene rings is 1. The minimum atomic E-state index is -0.368. The van der Waals surface area contributed by atoms with E-state index in [2.05, 4.69) is 10.3 Å². The molecule has 1 saturated carbocycles. The summed E-state index contributed by atoms with van der Waals surface area (Å²) in [7, 11) is 0. The number of halogens is 2. The molecule has 17 heavy (non-hydrogen) atoms. The lowest BCUT2D eigenvalue weighted by atomic mass is 10.2. The van der Waals surface area contributed by atoms with Crippen molar-refractivity contribution in [3.8, 4) is 0 Å². The largest absolute Gasteiger partial charge is 0.349 e. The van der Waals surface area contributed by atoms with Crippen LogP contribution in [0.5, 0.6) is 0 Å². The van der Waals surface area contributed by atoms with Gasteiger partial charge in [0.1, 0.15) is 11.5 Å². The summed E-state index contributed by atoms with van der Waals surface area (Å²) in [6, 6.07) is 4.49. The van der Waals surface area contributed by atoms with Gasteiger partial charge in [-0.15, -0.1) is 0 Å². The monoisotopic (exact) mass is 252 g/mol. The van der Waals surface area contributed by atoms with Gasteiger partial charge < -0.3 is 10.3 Å². The van der Waals surface area contributed by atoms with Crippen molar-refractivity contribution in [2.75, 3.05) is 0 Å². The maximum Gasteiger partial charge on any atom is 0.269 e. The van der Waals surface area contributed by atoms with E-state index in [1.54, 1.807) is 6.07 Å². The highest BCUT2D eigenvalue weighted by Crippen LogP contribution is 2.29. The summed E-state index contributed by atoms with van der Waals surface area (Å²) in [6.45, 7) is 0. The Balaban J connectivity index is 2.03. The van der Waals surface area contributed by atoms with E-state index < -0.39 is 0 Å². The number of fused-ring (bicyclic) bond motifs is 1. The lowest BCUT2D eigenvalue weighted by Crippen LogP contribution is -2.25. The van der Waals surface area contributed by atoms with Crippen molar-refractivity contribution in [3.05, 3.63) is 34.7 Å². The molecule has 0 spiro atoms. The quantitative estimate of drug-likeness (QED) is 0.848. The number of hydrogen-bond donors (Lipinski definition) is 2. The molecule has 2 N–H and O–H groups in total. The zero-order valence-electron chi connectivity index (χ0n) is 8.89. The first kappa shape index (κ1) is 10.6. The normalized spacial score (nSPS) is 15.2. The zero-order valence-corrected chi connectivity index (χ0v) is 9.64. The fourth-order valence-electron chi connectivity index (χ4n) is 1.77. The minimum Gasteiger partial charge on any atom is -0.349 e. The van der Waals surface area contributed by atoms with Crippen molar-refractivity contribution in [1.82, 2.24) is 10.3 Å². The number of amides is 1. The second kappa shape index (κ2) is 3.74. The van der Waals surface area contributed by atoms with Gasteiger partial charge in [-0.3, -0.25) is 4.79 Å². The number of nitrogens with one attached hydrogen (secondary N) is 2. The number of aromatic nitrogens is 1. The smallest absolute Gasteiger partial charge is 0.269 e. The molecule has 1 fully saturated rings. The fraction of sp³-hybridized carbons (Fsp3) is 0.250. The topological polar surface area (TPSA) is 44.9 Å². The summed E-state index contributed by atoms with van der Waals surface area (Å²) < 4.78 is 13.1. The summed E-state index contributed by atoms with van der Waals surface area (Å²) in [4.78, 5) is 14.8. The van der Waals surface area contributed by atoms with Crippen LogP contribution in [0.15, 0.2) is 18.2 Å². The molecule has 0 unspecified atom stereocenters. The number of carbonyl (C=O) groups is 1. The van der Waals surface area contributed by atoms with Crippen LogP contribution in [0.2, 0.25) is 5.02 Å². The van der Waals surface area contributed by atoms with Crippen LogP contribution >= 0.6 is 11.6 Å². The predicted molar refractivity (Wildman–Crippen MR) is 63.8 cm³/mol. The molecule has 1 aromatic carbocycles. The number of rotatable bonds is 2. The minimum absolute atomic E-state index is 0.228. The molecule has 1 aliphatic rings. The Morgan fingerprint density at radius 1 is 1.47 bits per heavy atom. The van der Waals surface area contributed by atoms with Gasteiger partial charge in [0.2, 0.25) is 0 Å². The molecule has 1 amide bonds. The molecular formula is C12H10ClFN2O. The Hall–Kier alpha value is -1.55. The van der Waals surface area contributed by atoms with E-state index in [4.69, 9.17) is 11.6 Å². The van der Waals surface area contributed by atoms with Gasteiger partial charge in [0, 0.05) is 16.9 Å². The third-order valence-electron chi connectivity index (χ3n) is 2.84. The standard InChI is InChI=1S/C12H10ClFN2O/c13-10-8-5-6(14)1-4-9(8)16-11(10)12(17)15-7-2-3-7/h1,4-5,7,16H,2-3H2,(H,15,17). The average molecular weight is 253 g/mol. The first-order valence-corrected chi connectivity index (χ1v) is 5.80. The van der Waals surface area contributed by atoms with Crippen molar-refractivity contribution in [3.63, 3.8) is 0 Å². The first-order chi connectivity index (χ1) is 8.15. The van der Waals surface area contributed by atoms with E-state index in [0.29, 0.717) is 16.6 Å². The highest BCUT2D eigenvalue weighted by molar-refractivity contribution is 6.38. The summed E-state index contributed by atoms with van der Waals surface area (Å²) in [5, 5.41) is 3.65. The summed E-state index contributed by atoms with van der Waals surface area (Å²) in [5.74, 6) is -0.596.